The first-order valence-electron chi connectivity index (χ1n) is 13.4. The quantitative estimate of drug-likeness (QED) is 0.198. The van der Waals surface area contributed by atoms with E-state index in [9.17, 15) is 14.4 Å². The second kappa shape index (κ2) is 11.3. The van der Waals surface area contributed by atoms with Gasteiger partial charge in [0.2, 0.25) is 5.91 Å². The number of carbonyl (C=O) groups excluding carboxylic acids is 3. The molecule has 2 amide bonds. The largest absolute Gasteiger partial charge is 0.494 e. The molecule has 1 aliphatic rings. The Labute approximate surface area is 244 Å². The van der Waals surface area contributed by atoms with Gasteiger partial charge in [-0.1, -0.05) is 11.2 Å². The van der Waals surface area contributed by atoms with Crippen molar-refractivity contribution in [3.05, 3.63) is 54.6 Å². The zero-order valence-electron chi connectivity index (χ0n) is 23.7. The lowest BCUT2D eigenvalue weighted by Crippen LogP contribution is -2.51. The molecular weight excluding hydrogens is 556 g/mol. The van der Waals surface area contributed by atoms with E-state index in [1.165, 1.54) is 38.7 Å². The molecule has 6 rings (SSSR count). The van der Waals surface area contributed by atoms with Gasteiger partial charge in [-0.25, -0.2) is 9.97 Å². The summed E-state index contributed by atoms with van der Waals surface area (Å²) >= 11 is 0. The fourth-order valence-electron chi connectivity index (χ4n) is 4.88. The molecule has 1 aliphatic heterocycles. The highest BCUT2D eigenvalue weighted by molar-refractivity contribution is 6.45. The van der Waals surface area contributed by atoms with E-state index < -0.39 is 11.7 Å². The number of nitrogens with one attached hydrogen (secondary N) is 1. The molecule has 1 saturated heterocycles. The fraction of sp³-hybridized carbons (Fsp3) is 0.296. The van der Waals surface area contributed by atoms with E-state index in [4.69, 9.17) is 4.74 Å². The van der Waals surface area contributed by atoms with Crippen LogP contribution in [0.15, 0.2) is 49.1 Å². The highest BCUT2D eigenvalue weighted by Gasteiger charge is 2.31. The number of aromatic nitrogens is 9. The van der Waals surface area contributed by atoms with Crippen LogP contribution in [-0.4, -0.2) is 120 Å². The number of nitrogens with zero attached hydrogens (tertiary/aromatic N) is 11. The van der Waals surface area contributed by atoms with Gasteiger partial charge in [0.15, 0.2) is 5.82 Å². The van der Waals surface area contributed by atoms with Gasteiger partial charge in [-0.15, -0.1) is 0 Å². The first-order valence-corrected chi connectivity index (χ1v) is 13.4. The molecule has 0 saturated carbocycles. The van der Waals surface area contributed by atoms with Gasteiger partial charge in [0.1, 0.15) is 23.7 Å². The number of hydrogen-bond acceptors (Lipinski definition) is 11. The lowest BCUT2D eigenvalue weighted by Gasteiger charge is -2.34. The van der Waals surface area contributed by atoms with Crippen LogP contribution in [0.4, 0.5) is 5.95 Å². The van der Waals surface area contributed by atoms with E-state index >= 15 is 0 Å². The number of methoxy groups -OCH3 is 1. The van der Waals surface area contributed by atoms with Crippen LogP contribution < -0.4 is 9.64 Å². The molecule has 0 atom stereocenters. The number of ketones is 1. The Kier molecular flexibility index (Phi) is 7.23. The Balaban J connectivity index is 1.21. The standard InChI is InChI=1S/C27H28N12O4/c1-35(2)21(40)16-38-9-7-18(32-38)23-24-22(19(43-3)15-30-23)17(14-29-24)25(41)26(42)36-10-12-37(13-11-36)27-31-33-34-39(27)20-6-4-5-8-28-20/h4-9,14-15,29H,10-13,16H2,1-3H3. The third kappa shape index (κ3) is 5.13. The third-order valence-electron chi connectivity index (χ3n) is 7.18. The Morgan fingerprint density at radius 3 is 2.60 bits per heavy atom. The average Bonchev–Trinajstić information content (AvgIpc) is 3.81. The minimum Gasteiger partial charge on any atom is -0.494 e. The first kappa shape index (κ1) is 27.5. The summed E-state index contributed by atoms with van der Waals surface area (Å²) < 4.78 is 8.57. The third-order valence-corrected chi connectivity index (χ3v) is 7.18. The van der Waals surface area contributed by atoms with E-state index in [2.05, 4.69) is 35.6 Å². The molecule has 0 aromatic carbocycles. The maximum Gasteiger partial charge on any atom is 0.295 e. The van der Waals surface area contributed by atoms with Crippen LogP contribution in [0.25, 0.3) is 28.1 Å². The van der Waals surface area contributed by atoms with Crippen molar-refractivity contribution in [2.75, 3.05) is 52.3 Å². The van der Waals surface area contributed by atoms with Gasteiger partial charge >= 0.3 is 0 Å². The molecule has 5 aromatic heterocycles. The van der Waals surface area contributed by atoms with Gasteiger partial charge < -0.3 is 24.4 Å². The van der Waals surface area contributed by atoms with Crippen molar-refractivity contribution in [1.29, 1.82) is 0 Å². The lowest BCUT2D eigenvalue weighted by atomic mass is 10.1. The molecule has 220 valence electrons. The zero-order valence-corrected chi connectivity index (χ0v) is 23.7. The monoisotopic (exact) mass is 584 g/mol. The number of aromatic amines is 1. The van der Waals surface area contributed by atoms with E-state index in [0.717, 1.165) is 0 Å². The summed E-state index contributed by atoms with van der Waals surface area (Å²) in [6, 6.07) is 7.18. The van der Waals surface area contributed by atoms with Crippen molar-refractivity contribution < 1.29 is 19.1 Å². The molecular formula is C27H28N12O4. The van der Waals surface area contributed by atoms with Crippen LogP contribution in [0.5, 0.6) is 5.75 Å². The summed E-state index contributed by atoms with van der Waals surface area (Å²) in [6.07, 6.45) is 6.31. The molecule has 0 radical (unpaired) electrons. The Morgan fingerprint density at radius 1 is 1.07 bits per heavy atom. The summed E-state index contributed by atoms with van der Waals surface area (Å²) in [6.45, 7) is 1.53. The minimum absolute atomic E-state index is 0.0700. The first-order chi connectivity index (χ1) is 20.9. The van der Waals surface area contributed by atoms with Gasteiger partial charge in [-0.3, -0.25) is 19.1 Å². The summed E-state index contributed by atoms with van der Waals surface area (Å²) in [5, 5.41) is 16.9. The van der Waals surface area contributed by atoms with Crippen LogP contribution in [0.2, 0.25) is 0 Å². The number of Topliss-reactive ketones (excluding diaryl/α,β-unsaturated/α-hetero) is 1. The second-order valence-electron chi connectivity index (χ2n) is 10.0. The predicted molar refractivity (Wildman–Crippen MR) is 153 cm³/mol. The fourth-order valence-corrected chi connectivity index (χ4v) is 4.88. The number of amides is 2. The average molecular weight is 585 g/mol. The Morgan fingerprint density at radius 2 is 1.88 bits per heavy atom. The van der Waals surface area contributed by atoms with Gasteiger partial charge in [0.05, 0.1) is 29.8 Å². The van der Waals surface area contributed by atoms with E-state index in [-0.39, 0.29) is 18.0 Å². The second-order valence-corrected chi connectivity index (χ2v) is 10.0. The molecule has 0 bridgehead atoms. The molecule has 6 heterocycles. The summed E-state index contributed by atoms with van der Waals surface area (Å²) in [7, 11) is 4.82. The van der Waals surface area contributed by atoms with Gasteiger partial charge in [-0.05, 0) is 28.6 Å². The smallest absolute Gasteiger partial charge is 0.295 e. The predicted octanol–water partition coefficient (Wildman–Crippen LogP) is 0.425. The van der Waals surface area contributed by atoms with Crippen LogP contribution in [-0.2, 0) is 16.1 Å². The van der Waals surface area contributed by atoms with E-state index in [1.54, 1.807) is 44.7 Å². The number of likely N-dealkylation sites (N-methyl/N-ethyl adjacent to an activating group) is 1. The summed E-state index contributed by atoms with van der Waals surface area (Å²) in [4.78, 5) is 55.9. The van der Waals surface area contributed by atoms with Crippen LogP contribution >= 0.6 is 0 Å². The van der Waals surface area contributed by atoms with Gasteiger partial charge in [0.25, 0.3) is 17.6 Å². The molecule has 0 spiro atoms. The number of H-pyrrole nitrogens is 1. The van der Waals surface area contributed by atoms with Crippen molar-refractivity contribution in [3.8, 4) is 23.0 Å². The maximum atomic E-state index is 13.6. The van der Waals surface area contributed by atoms with Crippen LogP contribution in [0.3, 0.4) is 0 Å². The molecule has 1 fully saturated rings. The van der Waals surface area contributed by atoms with Crippen molar-refractivity contribution in [2.24, 2.45) is 0 Å². The summed E-state index contributed by atoms with van der Waals surface area (Å²) in [5.74, 6) is 0.0115. The molecule has 1 N–H and O–H groups in total. The van der Waals surface area contributed by atoms with E-state index in [1.807, 2.05) is 11.0 Å². The highest BCUT2D eigenvalue weighted by Crippen LogP contribution is 2.34. The highest BCUT2D eigenvalue weighted by atomic mass is 16.5. The topological polar surface area (TPSA) is 173 Å². The van der Waals surface area contributed by atoms with Gasteiger partial charge in [-0.2, -0.15) is 9.78 Å². The summed E-state index contributed by atoms with van der Waals surface area (Å²) in [5.41, 5.74) is 1.61. The number of piperazine rings is 1. The number of tetrazole rings is 1. The lowest BCUT2D eigenvalue weighted by molar-refractivity contribution is -0.129. The molecule has 16 heteroatoms. The molecule has 0 aliphatic carbocycles. The number of fused-ring (bicyclic) bond motifs is 1. The number of anilines is 1. The van der Waals surface area contributed by atoms with Crippen molar-refractivity contribution in [3.63, 3.8) is 0 Å². The number of carbonyl (C=O) groups is 3. The number of ether oxygens (including phenoxy) is 1. The van der Waals surface area contributed by atoms with E-state index in [0.29, 0.717) is 66.0 Å². The zero-order chi connectivity index (χ0) is 30.1. The Bertz CT molecular complexity index is 1800. The number of hydrogen-bond donors (Lipinski definition) is 1. The van der Waals surface area contributed by atoms with Gasteiger partial charge in [0, 0.05) is 58.9 Å². The molecule has 0 unspecified atom stereocenters. The molecule has 16 nitrogen and oxygen atoms in total. The normalized spacial score (nSPS) is 13.4. The maximum absolute atomic E-state index is 13.6. The number of rotatable bonds is 8. The van der Waals surface area contributed by atoms with Crippen molar-refractivity contribution >= 4 is 34.4 Å². The van der Waals surface area contributed by atoms with Crippen molar-refractivity contribution in [2.45, 2.75) is 6.54 Å². The Hall–Kier alpha value is -5.67. The van der Waals surface area contributed by atoms with Crippen LogP contribution in [0.1, 0.15) is 10.4 Å². The SMILES string of the molecule is COc1cnc(-c2ccn(CC(=O)N(C)C)n2)c2[nH]cc(C(=O)C(=O)N3CCN(c4nnnn4-c4ccccn4)CC3)c12. The molecule has 43 heavy (non-hydrogen) atoms. The number of pyridine rings is 2. The van der Waals surface area contributed by atoms with Crippen LogP contribution in [0, 0.1) is 0 Å². The minimum atomic E-state index is -0.671. The van der Waals surface area contributed by atoms with Crippen molar-refractivity contribution in [1.82, 2.24) is 54.7 Å². The molecule has 5 aromatic rings.